The molecule has 7 heteroatoms. The number of hydrogen-bond acceptors (Lipinski definition) is 5. The van der Waals surface area contributed by atoms with E-state index >= 15 is 0 Å². The van der Waals surface area contributed by atoms with Gasteiger partial charge in [-0.2, -0.15) is 0 Å². The Kier molecular flexibility index (Phi) is 2.90. The SMILES string of the molecule is O=c1ccn([C@H]2C[C@H](O)C(CO)O2)c(=O)[nH]1. The van der Waals surface area contributed by atoms with Crippen molar-refractivity contribution in [3.8, 4) is 0 Å². The number of nitrogens with zero attached hydrogens (tertiary/aromatic N) is 1. The second-order valence-corrected chi connectivity index (χ2v) is 3.63. The first kappa shape index (κ1) is 11.1. The topological polar surface area (TPSA) is 105 Å². The maximum absolute atomic E-state index is 11.4. The zero-order valence-electron chi connectivity index (χ0n) is 8.37. The smallest absolute Gasteiger partial charge is 0.330 e. The van der Waals surface area contributed by atoms with Crippen LogP contribution in [-0.2, 0) is 4.74 Å². The first-order chi connectivity index (χ1) is 7.61. The Bertz CT molecular complexity index is 479. The van der Waals surface area contributed by atoms with Crippen molar-refractivity contribution in [1.82, 2.24) is 9.55 Å². The summed E-state index contributed by atoms with van der Waals surface area (Å²) >= 11 is 0. The molecule has 2 rings (SSSR count). The summed E-state index contributed by atoms with van der Waals surface area (Å²) < 4.78 is 6.45. The van der Waals surface area contributed by atoms with Crippen LogP contribution in [0.25, 0.3) is 0 Å². The molecule has 16 heavy (non-hydrogen) atoms. The minimum absolute atomic E-state index is 0.206. The molecule has 0 spiro atoms. The summed E-state index contributed by atoms with van der Waals surface area (Å²) in [5, 5.41) is 18.4. The molecule has 88 valence electrons. The lowest BCUT2D eigenvalue weighted by Gasteiger charge is -2.13. The van der Waals surface area contributed by atoms with Crippen LogP contribution in [0.5, 0.6) is 0 Å². The van der Waals surface area contributed by atoms with Crippen molar-refractivity contribution in [2.24, 2.45) is 0 Å². The van der Waals surface area contributed by atoms with Gasteiger partial charge in [0.1, 0.15) is 12.3 Å². The van der Waals surface area contributed by atoms with Crippen LogP contribution in [0.2, 0.25) is 0 Å². The minimum Gasteiger partial charge on any atom is -0.394 e. The van der Waals surface area contributed by atoms with E-state index < -0.39 is 29.7 Å². The maximum atomic E-state index is 11.4. The average molecular weight is 228 g/mol. The molecule has 1 saturated heterocycles. The number of aromatic amines is 1. The number of hydrogen-bond donors (Lipinski definition) is 3. The number of aromatic nitrogens is 2. The van der Waals surface area contributed by atoms with Crippen molar-refractivity contribution in [1.29, 1.82) is 0 Å². The minimum atomic E-state index is -0.811. The summed E-state index contributed by atoms with van der Waals surface area (Å²) in [4.78, 5) is 24.3. The van der Waals surface area contributed by atoms with Gasteiger partial charge in [0.25, 0.3) is 5.56 Å². The van der Waals surface area contributed by atoms with E-state index in [1.54, 1.807) is 0 Å². The van der Waals surface area contributed by atoms with Crippen LogP contribution in [-0.4, -0.2) is 38.6 Å². The molecule has 1 aromatic rings. The van der Waals surface area contributed by atoms with Gasteiger partial charge in [-0.1, -0.05) is 0 Å². The van der Waals surface area contributed by atoms with Gasteiger partial charge in [-0.15, -0.1) is 0 Å². The van der Waals surface area contributed by atoms with Crippen LogP contribution in [0.3, 0.4) is 0 Å². The highest BCUT2D eigenvalue weighted by Gasteiger charge is 2.34. The molecule has 0 aromatic carbocycles. The van der Waals surface area contributed by atoms with Crippen LogP contribution < -0.4 is 11.2 Å². The summed E-state index contributed by atoms with van der Waals surface area (Å²) in [5.74, 6) is 0. The molecule has 0 radical (unpaired) electrons. The first-order valence-electron chi connectivity index (χ1n) is 4.87. The first-order valence-corrected chi connectivity index (χ1v) is 4.87. The monoisotopic (exact) mass is 228 g/mol. The molecular weight excluding hydrogens is 216 g/mol. The van der Waals surface area contributed by atoms with Crippen molar-refractivity contribution in [3.05, 3.63) is 33.1 Å². The molecule has 2 heterocycles. The van der Waals surface area contributed by atoms with Crippen LogP contribution in [0.4, 0.5) is 0 Å². The van der Waals surface area contributed by atoms with Crippen molar-refractivity contribution in [3.63, 3.8) is 0 Å². The Balaban J connectivity index is 2.27. The molecule has 0 aliphatic carbocycles. The second-order valence-electron chi connectivity index (χ2n) is 3.63. The van der Waals surface area contributed by atoms with E-state index in [2.05, 4.69) is 4.98 Å². The molecule has 7 nitrogen and oxygen atoms in total. The number of ether oxygens (including phenoxy) is 1. The van der Waals surface area contributed by atoms with E-state index in [0.717, 1.165) is 0 Å². The Hall–Kier alpha value is -1.44. The summed E-state index contributed by atoms with van der Waals surface area (Å²) in [5.41, 5.74) is -1.08. The van der Waals surface area contributed by atoms with Crippen molar-refractivity contribution < 1.29 is 14.9 Å². The molecule has 1 aromatic heterocycles. The van der Waals surface area contributed by atoms with Crippen molar-refractivity contribution in [2.45, 2.75) is 24.9 Å². The van der Waals surface area contributed by atoms with E-state index in [-0.39, 0.29) is 13.0 Å². The Morgan fingerprint density at radius 1 is 1.56 bits per heavy atom. The van der Waals surface area contributed by atoms with Gasteiger partial charge in [0.15, 0.2) is 0 Å². The molecule has 0 bridgehead atoms. The van der Waals surface area contributed by atoms with Crippen molar-refractivity contribution >= 4 is 0 Å². The van der Waals surface area contributed by atoms with Gasteiger partial charge in [-0.25, -0.2) is 4.79 Å². The van der Waals surface area contributed by atoms with Gasteiger partial charge in [-0.05, 0) is 0 Å². The van der Waals surface area contributed by atoms with Crippen LogP contribution in [0, 0.1) is 0 Å². The summed E-state index contributed by atoms with van der Waals surface area (Å²) in [6.07, 6.45) is -0.649. The number of aliphatic hydroxyl groups is 2. The standard InChI is InChI=1S/C9H12N2O5/c12-4-6-5(13)3-8(16-6)11-2-1-7(14)10-9(11)15/h1-2,5-6,8,12-13H,3-4H2,(H,10,14,15)/t5-,6?,8+/m0/s1. The quantitative estimate of drug-likeness (QED) is 0.552. The lowest BCUT2D eigenvalue weighted by atomic mass is 10.2. The number of nitrogens with one attached hydrogen (secondary N) is 1. The van der Waals surface area contributed by atoms with Gasteiger partial charge in [0.05, 0.1) is 12.7 Å². The van der Waals surface area contributed by atoms with Gasteiger partial charge in [-0.3, -0.25) is 14.3 Å². The fourth-order valence-electron chi connectivity index (χ4n) is 1.70. The van der Waals surface area contributed by atoms with Gasteiger partial charge in [0.2, 0.25) is 0 Å². The summed E-state index contributed by atoms with van der Waals surface area (Å²) in [7, 11) is 0. The van der Waals surface area contributed by atoms with E-state index in [1.807, 2.05) is 0 Å². The third-order valence-corrected chi connectivity index (χ3v) is 2.55. The lowest BCUT2D eigenvalue weighted by Crippen LogP contribution is -2.31. The average Bonchev–Trinajstić information content (AvgIpc) is 2.59. The van der Waals surface area contributed by atoms with E-state index in [0.29, 0.717) is 0 Å². The number of H-pyrrole nitrogens is 1. The summed E-state index contributed by atoms with van der Waals surface area (Å²) in [6, 6.07) is 1.20. The predicted octanol–water partition coefficient (Wildman–Crippen LogP) is -1.82. The molecule has 3 atom stereocenters. The highest BCUT2D eigenvalue weighted by molar-refractivity contribution is 4.88. The third kappa shape index (κ3) is 1.92. The molecule has 1 aliphatic rings. The zero-order chi connectivity index (χ0) is 11.7. The molecule has 3 N–H and O–H groups in total. The molecule has 0 saturated carbocycles. The van der Waals surface area contributed by atoms with Crippen LogP contribution in [0.1, 0.15) is 12.6 Å². The van der Waals surface area contributed by atoms with E-state index in [4.69, 9.17) is 9.84 Å². The molecule has 1 fully saturated rings. The highest BCUT2D eigenvalue weighted by atomic mass is 16.5. The van der Waals surface area contributed by atoms with Gasteiger partial charge >= 0.3 is 5.69 Å². The van der Waals surface area contributed by atoms with Crippen LogP contribution in [0.15, 0.2) is 21.9 Å². The predicted molar refractivity (Wildman–Crippen MR) is 52.9 cm³/mol. The summed E-state index contributed by atoms with van der Waals surface area (Å²) in [6.45, 7) is -0.310. The van der Waals surface area contributed by atoms with Crippen molar-refractivity contribution in [2.75, 3.05) is 6.61 Å². The molecule has 0 amide bonds. The number of aliphatic hydroxyl groups excluding tert-OH is 2. The Morgan fingerprint density at radius 3 is 2.88 bits per heavy atom. The Labute approximate surface area is 89.9 Å². The fraction of sp³-hybridized carbons (Fsp3) is 0.556. The number of rotatable bonds is 2. The fourth-order valence-corrected chi connectivity index (χ4v) is 1.70. The van der Waals surface area contributed by atoms with Gasteiger partial charge in [0, 0.05) is 18.7 Å². The largest absolute Gasteiger partial charge is 0.394 e. The third-order valence-electron chi connectivity index (χ3n) is 2.55. The maximum Gasteiger partial charge on any atom is 0.330 e. The normalized spacial score (nSPS) is 29.5. The lowest BCUT2D eigenvalue weighted by molar-refractivity contribution is -0.0459. The van der Waals surface area contributed by atoms with Gasteiger partial charge < -0.3 is 14.9 Å². The van der Waals surface area contributed by atoms with E-state index in [1.165, 1.54) is 16.8 Å². The second kappa shape index (κ2) is 4.20. The van der Waals surface area contributed by atoms with Crippen LogP contribution >= 0.6 is 0 Å². The highest BCUT2D eigenvalue weighted by Crippen LogP contribution is 2.26. The molecule has 1 aliphatic heterocycles. The van der Waals surface area contributed by atoms with E-state index in [9.17, 15) is 14.7 Å². The Morgan fingerprint density at radius 2 is 2.31 bits per heavy atom. The molecular formula is C9H12N2O5. The zero-order valence-corrected chi connectivity index (χ0v) is 8.37. The molecule has 1 unspecified atom stereocenters.